The van der Waals surface area contributed by atoms with Crippen molar-refractivity contribution < 1.29 is 61.6 Å². The van der Waals surface area contributed by atoms with Crippen molar-refractivity contribution in [2.75, 3.05) is 32.8 Å². The van der Waals surface area contributed by atoms with Crippen LogP contribution in [0.4, 0.5) is 5.82 Å². The molecule has 71 heavy (non-hydrogen) atoms. The summed E-state index contributed by atoms with van der Waals surface area (Å²) in [6, 6.07) is 34.5. The molecule has 1 unspecified atom stereocenters. The van der Waals surface area contributed by atoms with Gasteiger partial charge >= 0.3 is 6.01 Å². The van der Waals surface area contributed by atoms with E-state index >= 15 is 0 Å². The zero-order valence-corrected chi connectivity index (χ0v) is 40.7. The van der Waals surface area contributed by atoms with Gasteiger partial charge in [0.2, 0.25) is 6.29 Å². The van der Waals surface area contributed by atoms with Crippen LogP contribution in [-0.4, -0.2) is 119 Å². The molecule has 11 rings (SSSR count). The van der Waals surface area contributed by atoms with Gasteiger partial charge in [-0.3, -0.25) is 4.79 Å². The lowest BCUT2D eigenvalue weighted by Gasteiger charge is -2.48. The highest BCUT2D eigenvalue weighted by Crippen LogP contribution is 2.49. The van der Waals surface area contributed by atoms with Crippen LogP contribution in [0.5, 0.6) is 17.5 Å². The monoisotopic (exact) mass is 971 g/mol. The Morgan fingerprint density at radius 2 is 1.25 bits per heavy atom. The van der Waals surface area contributed by atoms with E-state index in [0.29, 0.717) is 17.1 Å². The fourth-order valence-corrected chi connectivity index (χ4v) is 10.3. The van der Waals surface area contributed by atoms with Crippen LogP contribution < -0.4 is 19.5 Å². The van der Waals surface area contributed by atoms with E-state index in [0.717, 1.165) is 16.7 Å². The molecule has 5 fully saturated rings. The third-order valence-electron chi connectivity index (χ3n) is 13.4. The van der Waals surface area contributed by atoms with E-state index in [1.54, 1.807) is 43.1 Å². The van der Waals surface area contributed by atoms with Gasteiger partial charge in [0.25, 0.3) is 5.91 Å². The highest BCUT2D eigenvalue weighted by atomic mass is 16.8. The largest absolute Gasteiger partial charge is 0.497 e. The first-order chi connectivity index (χ1) is 34.1. The van der Waals surface area contributed by atoms with Crippen LogP contribution in [0.15, 0.2) is 116 Å². The number of nitrogens with zero attached hydrogens (tertiary/aromatic N) is 4. The molecule has 7 heterocycles. The van der Waals surface area contributed by atoms with Crippen LogP contribution in [0.25, 0.3) is 11.2 Å². The Kier molecular flexibility index (Phi) is 12.1. The zero-order chi connectivity index (χ0) is 49.3. The number of ether oxygens (including phenoxy) is 12. The summed E-state index contributed by atoms with van der Waals surface area (Å²) in [5.74, 6) is -1.82. The number of carbonyl (C=O) groups is 1. The normalized spacial score (nSPS) is 28.1. The number of anilines is 1. The van der Waals surface area contributed by atoms with Crippen molar-refractivity contribution in [3.63, 3.8) is 0 Å². The summed E-state index contributed by atoms with van der Waals surface area (Å²) in [5.41, 5.74) is 2.29. The van der Waals surface area contributed by atoms with Gasteiger partial charge in [-0.1, -0.05) is 72.8 Å². The molecule has 0 radical (unpaired) electrons. The maximum atomic E-state index is 13.7. The molecule has 18 heteroatoms. The summed E-state index contributed by atoms with van der Waals surface area (Å²) in [7, 11) is 3.27. The third-order valence-corrected chi connectivity index (χ3v) is 13.4. The molecule has 0 saturated carbocycles. The minimum absolute atomic E-state index is 0.00934. The van der Waals surface area contributed by atoms with E-state index < -0.39 is 84.1 Å². The number of carbonyl (C=O) groups excluding carboxylic acids is 1. The summed E-state index contributed by atoms with van der Waals surface area (Å²) in [6.45, 7) is 11.3. The van der Waals surface area contributed by atoms with Crippen molar-refractivity contribution in [2.24, 2.45) is 0 Å². The average molecular weight is 972 g/mol. The zero-order valence-electron chi connectivity index (χ0n) is 40.7. The number of imidazole rings is 1. The molecule has 4 aromatic carbocycles. The number of benzene rings is 4. The molecule has 1 amide bonds. The van der Waals surface area contributed by atoms with Crippen LogP contribution in [0.2, 0.25) is 0 Å². The molecule has 9 atom stereocenters. The average Bonchev–Trinajstić information content (AvgIpc) is 4.10. The second-order valence-corrected chi connectivity index (χ2v) is 19.4. The van der Waals surface area contributed by atoms with E-state index in [1.165, 1.54) is 6.33 Å². The molecule has 372 valence electrons. The number of methoxy groups -OCH3 is 2. The summed E-state index contributed by atoms with van der Waals surface area (Å²) in [6.07, 6.45) is -5.44. The first kappa shape index (κ1) is 47.3. The Balaban J connectivity index is 0.999. The van der Waals surface area contributed by atoms with Gasteiger partial charge in [-0.05, 0) is 94.6 Å². The highest BCUT2D eigenvalue weighted by molar-refractivity contribution is 6.06. The predicted octanol–water partition coefficient (Wildman–Crippen LogP) is 7.30. The summed E-state index contributed by atoms with van der Waals surface area (Å²) in [5, 5.41) is 2.93. The summed E-state index contributed by atoms with van der Waals surface area (Å²) >= 11 is 0. The summed E-state index contributed by atoms with van der Waals surface area (Å²) in [4.78, 5) is 27.9. The number of aromatic nitrogens is 4. The van der Waals surface area contributed by atoms with Crippen molar-refractivity contribution in [1.82, 2.24) is 19.5 Å². The summed E-state index contributed by atoms with van der Waals surface area (Å²) < 4.78 is 79.9. The lowest BCUT2D eigenvalue weighted by atomic mass is 9.80. The van der Waals surface area contributed by atoms with Gasteiger partial charge in [0, 0.05) is 5.56 Å². The molecule has 5 aliphatic rings. The molecular formula is C53H57N5O13. The molecule has 5 aliphatic heterocycles. The van der Waals surface area contributed by atoms with Crippen molar-refractivity contribution in [3.05, 3.63) is 138 Å². The number of amides is 1. The Morgan fingerprint density at radius 1 is 0.676 bits per heavy atom. The Morgan fingerprint density at radius 3 is 1.90 bits per heavy atom. The molecule has 18 nitrogen and oxygen atoms in total. The van der Waals surface area contributed by atoms with Gasteiger partial charge in [0.1, 0.15) is 60.1 Å². The minimum atomic E-state index is -1.17. The number of fused-ring (bicyclic) bond motifs is 5. The standard InChI is InChI=1S/C53H57N5O13/c1-50(2)62-27-37-39(67-50)41-43(71-52(5,6)69-41)48(65-37)66-49-56-38-44(57-46(59)30-15-11-9-12-16-30)54-29-55-45(38)58(49)47-42-40(68-51(3,4)70-42)36(64-47)28-63-53(31-17-13-10-14-18-31,32-19-23-34(60-7)24-20-32)33-21-25-35(61-8)26-22-33/h9-26,29,36-37,39-43,47-48H,27-28H2,1-8H3,(H,54,55,57,59)/t36-,37-,39-,40-,41+,42-,43+,47-,48?/m1/s1. The maximum absolute atomic E-state index is 13.7. The van der Waals surface area contributed by atoms with Crippen LogP contribution >= 0.6 is 0 Å². The van der Waals surface area contributed by atoms with Crippen molar-refractivity contribution in [1.29, 1.82) is 0 Å². The number of hydrogen-bond donors (Lipinski definition) is 1. The Bertz CT molecular complexity index is 2820. The Hall–Kier alpha value is -6.06. The maximum Gasteiger partial charge on any atom is 0.303 e. The van der Waals surface area contributed by atoms with Crippen molar-refractivity contribution in [3.8, 4) is 17.5 Å². The van der Waals surface area contributed by atoms with Crippen molar-refractivity contribution in [2.45, 2.75) is 120 Å². The minimum Gasteiger partial charge on any atom is -0.497 e. The van der Waals surface area contributed by atoms with E-state index in [9.17, 15) is 4.79 Å². The number of nitrogens with one attached hydrogen (secondary N) is 1. The quantitative estimate of drug-likeness (QED) is 0.114. The smallest absolute Gasteiger partial charge is 0.303 e. The lowest BCUT2D eigenvalue weighted by Crippen LogP contribution is -2.64. The molecule has 6 aromatic rings. The van der Waals surface area contributed by atoms with E-state index in [1.807, 2.05) is 126 Å². The molecule has 0 aliphatic carbocycles. The lowest BCUT2D eigenvalue weighted by molar-refractivity contribution is -0.363. The van der Waals surface area contributed by atoms with Gasteiger partial charge in [0.15, 0.2) is 46.7 Å². The van der Waals surface area contributed by atoms with Gasteiger partial charge < -0.3 is 62.2 Å². The molecular weight excluding hydrogens is 915 g/mol. The topological polar surface area (TPSA) is 183 Å². The van der Waals surface area contributed by atoms with E-state index in [4.69, 9.17) is 66.8 Å². The Labute approximate surface area is 410 Å². The van der Waals surface area contributed by atoms with Crippen LogP contribution in [-0.2, 0) is 48.2 Å². The van der Waals surface area contributed by atoms with Gasteiger partial charge in [0.05, 0.1) is 27.4 Å². The molecule has 1 N–H and O–H groups in total. The first-order valence-electron chi connectivity index (χ1n) is 23.7. The first-order valence-corrected chi connectivity index (χ1v) is 23.7. The molecule has 0 spiro atoms. The highest BCUT2D eigenvalue weighted by Gasteiger charge is 2.61. The molecule has 0 bridgehead atoms. The van der Waals surface area contributed by atoms with E-state index in [2.05, 4.69) is 10.3 Å². The second-order valence-electron chi connectivity index (χ2n) is 19.4. The van der Waals surface area contributed by atoms with Crippen LogP contribution in [0.3, 0.4) is 0 Å². The van der Waals surface area contributed by atoms with Crippen LogP contribution in [0.1, 0.15) is 74.8 Å². The van der Waals surface area contributed by atoms with Gasteiger partial charge in [-0.2, -0.15) is 4.98 Å². The SMILES string of the molecule is COc1ccc(C(OC[C@H]2O[C@@H](n3c(OC4O[C@@H]5COC(C)(C)O[C@H]5[C@@H]5OC(C)(C)O[C@H]45)nc4c(NC(=O)c5ccccc5)ncnc43)[C@@H]3OC(C)(C)O[C@@H]32)(c2ccccc2)c2ccc(OC)cc2)cc1. The fourth-order valence-electron chi connectivity index (χ4n) is 10.3. The van der Waals surface area contributed by atoms with E-state index in [-0.39, 0.29) is 36.2 Å². The molecule has 5 saturated heterocycles. The third kappa shape index (κ3) is 8.80. The van der Waals surface area contributed by atoms with Gasteiger partial charge in [-0.25, -0.2) is 14.5 Å². The second kappa shape index (κ2) is 18.2. The van der Waals surface area contributed by atoms with Gasteiger partial charge in [-0.15, -0.1) is 0 Å². The number of hydrogen-bond acceptors (Lipinski definition) is 16. The van der Waals surface area contributed by atoms with Crippen molar-refractivity contribution >= 4 is 22.9 Å². The predicted molar refractivity (Wildman–Crippen MR) is 254 cm³/mol. The molecule has 2 aromatic heterocycles. The fraction of sp³-hybridized carbons (Fsp3) is 0.434. The number of rotatable bonds is 13. The van der Waals surface area contributed by atoms with Crippen LogP contribution in [0, 0.1) is 0 Å².